The highest BCUT2D eigenvalue weighted by Gasteiger charge is 2.27. The molecule has 1 fully saturated rings. The first kappa shape index (κ1) is 20.4. The molecule has 1 aliphatic rings. The highest BCUT2D eigenvalue weighted by molar-refractivity contribution is 6.30. The number of nitrogens with one attached hydrogen (secondary N) is 2. The average Bonchev–Trinajstić information content (AvgIpc) is 2.59. The fourth-order valence-electron chi connectivity index (χ4n) is 2.95. The van der Waals surface area contributed by atoms with E-state index in [0.717, 1.165) is 30.7 Å². The number of rotatable bonds is 5. The Labute approximate surface area is 147 Å². The first-order chi connectivity index (χ1) is 11.0. The molecule has 7 heteroatoms. The van der Waals surface area contributed by atoms with Crippen molar-refractivity contribution in [1.82, 2.24) is 10.8 Å². The second-order valence-corrected chi connectivity index (χ2v) is 6.36. The van der Waals surface area contributed by atoms with E-state index < -0.39 is 11.9 Å². The van der Waals surface area contributed by atoms with Crippen LogP contribution < -0.4 is 16.5 Å². The molecule has 6 nitrogen and oxygen atoms in total. The van der Waals surface area contributed by atoms with E-state index in [2.05, 4.69) is 5.32 Å². The number of halogens is 1. The summed E-state index contributed by atoms with van der Waals surface area (Å²) in [4.78, 5) is 23.2. The molecular formula is C17H26ClN3O3. The second-order valence-electron chi connectivity index (χ2n) is 5.93. The van der Waals surface area contributed by atoms with Gasteiger partial charge in [-0.15, -0.1) is 0 Å². The predicted octanol–water partition coefficient (Wildman–Crippen LogP) is 2.20. The molecular weight excluding hydrogens is 330 g/mol. The highest BCUT2D eigenvalue weighted by Crippen LogP contribution is 2.36. The van der Waals surface area contributed by atoms with Crippen molar-refractivity contribution in [2.75, 3.05) is 6.54 Å². The van der Waals surface area contributed by atoms with Crippen LogP contribution in [0.4, 0.5) is 0 Å². The lowest BCUT2D eigenvalue weighted by Crippen LogP contribution is -2.48. The number of carbonyl (C=O) groups excluding carboxylic acids is 2. The van der Waals surface area contributed by atoms with Crippen molar-refractivity contribution in [3.63, 3.8) is 0 Å². The number of benzene rings is 1. The van der Waals surface area contributed by atoms with Crippen molar-refractivity contribution in [2.24, 2.45) is 11.7 Å². The normalized spacial score (nSPS) is 21.3. The summed E-state index contributed by atoms with van der Waals surface area (Å²) in [6, 6.07) is 6.92. The first-order valence-corrected chi connectivity index (χ1v) is 8.11. The van der Waals surface area contributed by atoms with E-state index in [1.54, 1.807) is 0 Å². The minimum absolute atomic E-state index is 0. The van der Waals surface area contributed by atoms with Crippen LogP contribution in [0.5, 0.6) is 0 Å². The summed E-state index contributed by atoms with van der Waals surface area (Å²) in [5, 5.41) is 11.9. The molecule has 0 radical (unpaired) electrons. The van der Waals surface area contributed by atoms with Crippen molar-refractivity contribution in [2.45, 2.75) is 45.1 Å². The van der Waals surface area contributed by atoms with Gasteiger partial charge in [-0.25, -0.2) is 5.48 Å². The molecule has 134 valence electrons. The quantitative estimate of drug-likeness (QED) is 0.480. The number of hydrogen-bond acceptors (Lipinski definition) is 4. The van der Waals surface area contributed by atoms with Crippen LogP contribution in [-0.4, -0.2) is 29.6 Å². The third-order valence-electron chi connectivity index (χ3n) is 4.38. The Hall–Kier alpha value is -1.63. The Morgan fingerprint density at radius 3 is 2.33 bits per heavy atom. The van der Waals surface area contributed by atoms with Crippen LogP contribution in [0.1, 0.15) is 44.6 Å². The van der Waals surface area contributed by atoms with E-state index >= 15 is 0 Å². The van der Waals surface area contributed by atoms with Crippen LogP contribution in [0, 0.1) is 5.92 Å². The lowest BCUT2D eigenvalue weighted by Gasteiger charge is -2.28. The molecule has 1 saturated carbocycles. The number of hydrogen-bond donors (Lipinski definition) is 4. The largest absolute Gasteiger partial charge is 0.354 e. The molecule has 1 aromatic carbocycles. The Morgan fingerprint density at radius 1 is 1.21 bits per heavy atom. The average molecular weight is 356 g/mol. The van der Waals surface area contributed by atoms with Crippen LogP contribution in [0.2, 0.25) is 5.02 Å². The summed E-state index contributed by atoms with van der Waals surface area (Å²) in [6.45, 7) is 0.0162. The van der Waals surface area contributed by atoms with Gasteiger partial charge in [-0.05, 0) is 49.3 Å². The maximum Gasteiger partial charge on any atom is 0.262 e. The van der Waals surface area contributed by atoms with E-state index in [4.69, 9.17) is 22.5 Å². The Kier molecular flexibility index (Phi) is 8.18. The molecule has 1 aliphatic carbocycles. The molecule has 0 aromatic heterocycles. The second kappa shape index (κ2) is 9.61. The lowest BCUT2D eigenvalue weighted by molar-refractivity contribution is -0.131. The van der Waals surface area contributed by atoms with Gasteiger partial charge in [0.25, 0.3) is 5.91 Å². The first-order valence-electron chi connectivity index (χ1n) is 7.74. The van der Waals surface area contributed by atoms with Gasteiger partial charge in [-0.2, -0.15) is 0 Å². The van der Waals surface area contributed by atoms with Gasteiger partial charge in [0.15, 0.2) is 0 Å². The van der Waals surface area contributed by atoms with Crippen molar-refractivity contribution in [1.29, 1.82) is 0 Å². The summed E-state index contributed by atoms with van der Waals surface area (Å²) in [6.07, 6.45) is 3.51. The zero-order valence-corrected chi connectivity index (χ0v) is 13.6. The smallest absolute Gasteiger partial charge is 0.262 e. The van der Waals surface area contributed by atoms with Crippen molar-refractivity contribution in [3.05, 3.63) is 34.9 Å². The van der Waals surface area contributed by atoms with Crippen molar-refractivity contribution < 1.29 is 14.8 Å². The summed E-state index contributed by atoms with van der Waals surface area (Å²) in [7, 11) is 0. The monoisotopic (exact) mass is 355 g/mol. The molecule has 5 N–H and O–H groups in total. The zero-order chi connectivity index (χ0) is 16.8. The number of hydroxylamine groups is 1. The Morgan fingerprint density at radius 2 is 1.79 bits per heavy atom. The number of carbonyl (C=O) groups is 2. The van der Waals surface area contributed by atoms with E-state index in [1.165, 1.54) is 11.0 Å². The molecule has 0 bridgehead atoms. The molecule has 0 saturated heterocycles. The summed E-state index contributed by atoms with van der Waals surface area (Å²) >= 11 is 5.90. The maximum absolute atomic E-state index is 12.1. The van der Waals surface area contributed by atoms with Crippen LogP contribution in [0.25, 0.3) is 0 Å². The standard InChI is InChI=1S/C16H22ClN3O3.CH4/c17-13-7-5-11(6-8-13)10-1-3-12(4-2-10)15(21)19-9-14(18)16(22)20-23;/h5-8,10,12,14,23H,1-4,9,18H2,(H,19,21)(H,20,22);1H4/t10?,12?,14-;/m0./s1. The molecule has 1 atom stereocenters. The molecule has 0 heterocycles. The van der Waals surface area contributed by atoms with Crippen molar-refractivity contribution in [3.8, 4) is 0 Å². The topological polar surface area (TPSA) is 104 Å². The van der Waals surface area contributed by atoms with Gasteiger partial charge >= 0.3 is 0 Å². The number of nitrogens with two attached hydrogens (primary N) is 1. The lowest BCUT2D eigenvalue weighted by atomic mass is 9.78. The molecule has 2 rings (SSSR count). The molecule has 0 spiro atoms. The van der Waals surface area contributed by atoms with Crippen LogP contribution >= 0.6 is 11.6 Å². The molecule has 2 amide bonds. The predicted molar refractivity (Wildman–Crippen MR) is 93.8 cm³/mol. The third kappa shape index (κ3) is 5.47. The van der Waals surface area contributed by atoms with Gasteiger partial charge in [0, 0.05) is 17.5 Å². The summed E-state index contributed by atoms with van der Waals surface area (Å²) in [5.74, 6) is -0.390. The fraction of sp³-hybridized carbons (Fsp3) is 0.529. The Bertz CT molecular complexity index is 543. The maximum atomic E-state index is 12.1. The molecule has 0 aliphatic heterocycles. The minimum atomic E-state index is -0.950. The molecule has 24 heavy (non-hydrogen) atoms. The van der Waals surface area contributed by atoms with E-state index in [1.807, 2.05) is 24.3 Å². The fourth-order valence-corrected chi connectivity index (χ4v) is 3.08. The molecule has 1 aromatic rings. The van der Waals surface area contributed by atoms with Crippen LogP contribution in [0.3, 0.4) is 0 Å². The van der Waals surface area contributed by atoms with Gasteiger partial charge in [0.1, 0.15) is 6.04 Å². The van der Waals surface area contributed by atoms with E-state index in [9.17, 15) is 9.59 Å². The van der Waals surface area contributed by atoms with Gasteiger partial charge < -0.3 is 11.1 Å². The third-order valence-corrected chi connectivity index (χ3v) is 4.63. The van der Waals surface area contributed by atoms with Crippen molar-refractivity contribution >= 4 is 23.4 Å². The SMILES string of the molecule is C.N[C@@H](CNC(=O)C1CCC(c2ccc(Cl)cc2)CC1)C(=O)NO. The van der Waals surface area contributed by atoms with E-state index in [-0.39, 0.29) is 25.8 Å². The summed E-state index contributed by atoms with van der Waals surface area (Å²) < 4.78 is 0. The molecule has 0 unspecified atom stereocenters. The highest BCUT2D eigenvalue weighted by atomic mass is 35.5. The minimum Gasteiger partial charge on any atom is -0.354 e. The Balaban J connectivity index is 0.00000288. The van der Waals surface area contributed by atoms with E-state index in [0.29, 0.717) is 5.92 Å². The summed E-state index contributed by atoms with van der Waals surface area (Å²) in [5.41, 5.74) is 8.25. The number of amides is 2. The van der Waals surface area contributed by atoms with Gasteiger partial charge in [0.05, 0.1) is 0 Å². The van der Waals surface area contributed by atoms with Gasteiger partial charge in [0.2, 0.25) is 5.91 Å². The van der Waals surface area contributed by atoms with Crippen LogP contribution in [0.15, 0.2) is 24.3 Å². The van der Waals surface area contributed by atoms with Gasteiger partial charge in [-0.1, -0.05) is 31.2 Å². The van der Waals surface area contributed by atoms with Gasteiger partial charge in [-0.3, -0.25) is 14.8 Å². The van der Waals surface area contributed by atoms with Crippen LogP contribution in [-0.2, 0) is 9.59 Å². The zero-order valence-electron chi connectivity index (χ0n) is 12.8.